The summed E-state index contributed by atoms with van der Waals surface area (Å²) >= 11 is 0. The van der Waals surface area contributed by atoms with E-state index in [1.165, 1.54) is 6.07 Å². The van der Waals surface area contributed by atoms with Crippen LogP contribution in [0.4, 0.5) is 15.8 Å². The maximum absolute atomic E-state index is 13.5. The van der Waals surface area contributed by atoms with Gasteiger partial charge in [-0.15, -0.1) is 0 Å². The molecule has 2 rings (SSSR count). The molecular weight excluding hydrogens is 275 g/mol. The highest BCUT2D eigenvalue weighted by Gasteiger charge is 2.15. The fraction of sp³-hybridized carbons (Fsp3) is 0.357. The Morgan fingerprint density at radius 2 is 2.14 bits per heavy atom. The van der Waals surface area contributed by atoms with Crippen molar-refractivity contribution in [3.63, 3.8) is 0 Å². The monoisotopic (exact) mass is 292 g/mol. The molecule has 112 valence electrons. The van der Waals surface area contributed by atoms with E-state index in [1.54, 1.807) is 6.20 Å². The number of nitrogens with zero attached hydrogens (tertiary/aromatic N) is 3. The van der Waals surface area contributed by atoms with E-state index in [2.05, 4.69) is 10.4 Å². The molecule has 1 N–H and O–H groups in total. The summed E-state index contributed by atoms with van der Waals surface area (Å²) in [4.78, 5) is 9.80. The van der Waals surface area contributed by atoms with Crippen molar-refractivity contribution in [1.29, 1.82) is 0 Å². The van der Waals surface area contributed by atoms with Crippen LogP contribution in [0.25, 0.3) is 0 Å². The van der Waals surface area contributed by atoms with Crippen molar-refractivity contribution < 1.29 is 9.31 Å². The number of hydrogen-bond donors (Lipinski definition) is 1. The van der Waals surface area contributed by atoms with Gasteiger partial charge in [0, 0.05) is 36.1 Å². The van der Waals surface area contributed by atoms with Crippen LogP contribution in [-0.2, 0) is 12.1 Å². The number of nitro benzene ring substituents is 1. The van der Waals surface area contributed by atoms with Gasteiger partial charge >= 0.3 is 5.69 Å². The third-order valence-electron chi connectivity index (χ3n) is 2.96. The summed E-state index contributed by atoms with van der Waals surface area (Å²) in [6.45, 7) is 6.60. The van der Waals surface area contributed by atoms with Crippen LogP contribution < -0.4 is 5.32 Å². The molecule has 0 aliphatic heterocycles. The topological polar surface area (TPSA) is 73.0 Å². The number of anilines is 1. The standard InChI is InChI=1S/C14H17FN4O2/c1-14(2,3)18-9-10(8-17-18)7-16-11-4-5-13(19(20)21)12(15)6-11/h4-6,8-9,16H,7H2,1-3H3. The van der Waals surface area contributed by atoms with E-state index < -0.39 is 16.4 Å². The number of aromatic nitrogens is 2. The molecule has 0 atom stereocenters. The van der Waals surface area contributed by atoms with Crippen LogP contribution in [0.1, 0.15) is 26.3 Å². The highest BCUT2D eigenvalue weighted by atomic mass is 19.1. The van der Waals surface area contributed by atoms with E-state index in [4.69, 9.17) is 0 Å². The lowest BCUT2D eigenvalue weighted by molar-refractivity contribution is -0.387. The number of benzene rings is 1. The highest BCUT2D eigenvalue weighted by Crippen LogP contribution is 2.21. The quantitative estimate of drug-likeness (QED) is 0.693. The van der Waals surface area contributed by atoms with Crippen LogP contribution in [0.3, 0.4) is 0 Å². The molecule has 0 amide bonds. The molecule has 0 radical (unpaired) electrons. The lowest BCUT2D eigenvalue weighted by Crippen LogP contribution is -2.21. The summed E-state index contributed by atoms with van der Waals surface area (Å²) in [5.74, 6) is -0.851. The summed E-state index contributed by atoms with van der Waals surface area (Å²) in [5.41, 5.74) is 0.809. The molecule has 0 fully saturated rings. The third kappa shape index (κ3) is 3.56. The first-order chi connectivity index (χ1) is 9.77. The molecule has 2 aromatic rings. The molecule has 0 saturated heterocycles. The molecule has 0 unspecified atom stereocenters. The summed E-state index contributed by atoms with van der Waals surface area (Å²) in [7, 11) is 0. The Morgan fingerprint density at radius 3 is 2.67 bits per heavy atom. The van der Waals surface area contributed by atoms with Crippen LogP contribution in [0.2, 0.25) is 0 Å². The fourth-order valence-corrected chi connectivity index (χ4v) is 1.79. The molecule has 21 heavy (non-hydrogen) atoms. The van der Waals surface area contributed by atoms with Gasteiger partial charge < -0.3 is 5.32 Å². The number of halogens is 1. The molecule has 0 aliphatic rings. The van der Waals surface area contributed by atoms with Gasteiger partial charge in [-0.3, -0.25) is 14.8 Å². The molecule has 6 nitrogen and oxygen atoms in total. The first-order valence-electron chi connectivity index (χ1n) is 6.49. The molecule has 0 bridgehead atoms. The molecule has 7 heteroatoms. The lowest BCUT2D eigenvalue weighted by Gasteiger charge is -2.18. The van der Waals surface area contributed by atoms with Gasteiger partial charge in [0.1, 0.15) is 0 Å². The van der Waals surface area contributed by atoms with Crippen LogP contribution in [-0.4, -0.2) is 14.7 Å². The van der Waals surface area contributed by atoms with Crippen LogP contribution in [0.5, 0.6) is 0 Å². The van der Waals surface area contributed by atoms with Crippen LogP contribution >= 0.6 is 0 Å². The second-order valence-electron chi connectivity index (χ2n) is 5.74. The molecular formula is C14H17FN4O2. The van der Waals surface area contributed by atoms with Crippen LogP contribution in [0, 0.1) is 15.9 Å². The normalized spacial score (nSPS) is 11.4. The Bertz CT molecular complexity index is 661. The van der Waals surface area contributed by atoms with Crippen molar-refractivity contribution in [2.75, 3.05) is 5.32 Å². The second kappa shape index (κ2) is 5.51. The van der Waals surface area contributed by atoms with Gasteiger partial charge in [0.25, 0.3) is 0 Å². The zero-order valence-electron chi connectivity index (χ0n) is 12.1. The van der Waals surface area contributed by atoms with Crippen molar-refractivity contribution in [1.82, 2.24) is 9.78 Å². The fourth-order valence-electron chi connectivity index (χ4n) is 1.79. The third-order valence-corrected chi connectivity index (χ3v) is 2.96. The predicted octanol–water partition coefficient (Wildman–Crippen LogP) is 3.30. The molecule has 1 aromatic heterocycles. The van der Waals surface area contributed by atoms with Gasteiger partial charge in [0.05, 0.1) is 16.7 Å². The van der Waals surface area contributed by atoms with Gasteiger partial charge in [-0.1, -0.05) is 0 Å². The van der Waals surface area contributed by atoms with Crippen molar-refractivity contribution in [3.05, 3.63) is 52.1 Å². The smallest absolute Gasteiger partial charge is 0.304 e. The Hall–Kier alpha value is -2.44. The molecule has 0 aliphatic carbocycles. The van der Waals surface area contributed by atoms with E-state index in [0.29, 0.717) is 12.2 Å². The first kappa shape index (κ1) is 15.0. The second-order valence-corrected chi connectivity index (χ2v) is 5.74. The molecule has 0 spiro atoms. The lowest BCUT2D eigenvalue weighted by atomic mass is 10.1. The number of hydrogen-bond acceptors (Lipinski definition) is 4. The Labute approximate surface area is 121 Å². The maximum atomic E-state index is 13.5. The summed E-state index contributed by atoms with van der Waals surface area (Å²) in [5, 5.41) is 17.8. The minimum absolute atomic E-state index is 0.0995. The van der Waals surface area contributed by atoms with E-state index in [0.717, 1.165) is 17.7 Å². The number of rotatable bonds is 4. The molecule has 1 heterocycles. The van der Waals surface area contributed by atoms with Crippen LogP contribution in [0.15, 0.2) is 30.6 Å². The number of nitrogens with one attached hydrogen (secondary N) is 1. The molecule has 1 aromatic carbocycles. The molecule has 0 saturated carbocycles. The minimum Gasteiger partial charge on any atom is -0.381 e. The van der Waals surface area contributed by atoms with Gasteiger partial charge in [-0.05, 0) is 26.8 Å². The first-order valence-corrected chi connectivity index (χ1v) is 6.49. The SMILES string of the molecule is CC(C)(C)n1cc(CNc2ccc([N+](=O)[O-])c(F)c2)cn1. The highest BCUT2D eigenvalue weighted by molar-refractivity contribution is 5.49. The number of nitro groups is 1. The van der Waals surface area contributed by atoms with Gasteiger partial charge in [-0.25, -0.2) is 0 Å². The van der Waals surface area contributed by atoms with Crippen molar-refractivity contribution >= 4 is 11.4 Å². The predicted molar refractivity (Wildman–Crippen MR) is 77.6 cm³/mol. The maximum Gasteiger partial charge on any atom is 0.304 e. The van der Waals surface area contributed by atoms with E-state index >= 15 is 0 Å². The average Bonchev–Trinajstić information content (AvgIpc) is 2.84. The summed E-state index contributed by atoms with van der Waals surface area (Å²) in [6, 6.07) is 3.75. The summed E-state index contributed by atoms with van der Waals surface area (Å²) < 4.78 is 15.3. The van der Waals surface area contributed by atoms with Crippen molar-refractivity contribution in [3.8, 4) is 0 Å². The van der Waals surface area contributed by atoms with Gasteiger partial charge in [-0.2, -0.15) is 9.49 Å². The van der Waals surface area contributed by atoms with Gasteiger partial charge in [0.15, 0.2) is 0 Å². The average molecular weight is 292 g/mol. The largest absolute Gasteiger partial charge is 0.381 e. The zero-order valence-corrected chi connectivity index (χ0v) is 12.1. The Kier molecular flexibility index (Phi) is 3.93. The van der Waals surface area contributed by atoms with Crippen molar-refractivity contribution in [2.24, 2.45) is 0 Å². The van der Waals surface area contributed by atoms with Gasteiger partial charge in [0.2, 0.25) is 5.82 Å². The van der Waals surface area contributed by atoms with Crippen molar-refractivity contribution in [2.45, 2.75) is 32.9 Å². The Balaban J connectivity index is 2.05. The van der Waals surface area contributed by atoms with E-state index in [1.807, 2.05) is 31.6 Å². The minimum atomic E-state index is -0.851. The zero-order chi connectivity index (χ0) is 15.6. The Morgan fingerprint density at radius 1 is 1.43 bits per heavy atom. The van der Waals surface area contributed by atoms with E-state index in [9.17, 15) is 14.5 Å². The van der Waals surface area contributed by atoms with E-state index in [-0.39, 0.29) is 5.54 Å². The summed E-state index contributed by atoms with van der Waals surface area (Å²) in [6.07, 6.45) is 3.65.